The Morgan fingerprint density at radius 3 is 2.56 bits per heavy atom. The highest BCUT2D eigenvalue weighted by molar-refractivity contribution is 5.87. The third kappa shape index (κ3) is 2.42. The molecule has 0 saturated heterocycles. The first kappa shape index (κ1) is 10.3. The number of carbonyl (C=O) groups is 1. The van der Waals surface area contributed by atoms with E-state index >= 15 is 0 Å². The zero-order chi connectivity index (χ0) is 11.4. The van der Waals surface area contributed by atoms with E-state index in [0.717, 1.165) is 11.3 Å². The molecule has 0 amide bonds. The zero-order valence-corrected chi connectivity index (χ0v) is 8.60. The summed E-state index contributed by atoms with van der Waals surface area (Å²) in [5.41, 5.74) is 2.37. The number of rotatable bonds is 4. The van der Waals surface area contributed by atoms with E-state index in [2.05, 4.69) is 10.3 Å². The highest BCUT2D eigenvalue weighted by atomic mass is 16.4. The van der Waals surface area contributed by atoms with Crippen molar-refractivity contribution >= 4 is 11.7 Å². The standard InChI is InChI=1S/C12H12N2O2/c15-12(16)10-3-1-9(2-4-10)7-14-11-5-6-13-8-11/h1-6,8,13-14H,7H2,(H,15,16). The smallest absolute Gasteiger partial charge is 0.335 e. The predicted molar refractivity (Wildman–Crippen MR) is 61.5 cm³/mol. The monoisotopic (exact) mass is 216 g/mol. The quantitative estimate of drug-likeness (QED) is 0.734. The Balaban J connectivity index is 1.98. The van der Waals surface area contributed by atoms with Crippen LogP contribution in [0, 0.1) is 0 Å². The van der Waals surface area contributed by atoms with E-state index in [9.17, 15) is 4.79 Å². The molecular formula is C12H12N2O2. The molecule has 1 aromatic carbocycles. The number of benzene rings is 1. The van der Waals surface area contributed by atoms with Crippen LogP contribution in [0.3, 0.4) is 0 Å². The Bertz CT molecular complexity index is 460. The number of hydrogen-bond donors (Lipinski definition) is 3. The third-order valence-corrected chi connectivity index (χ3v) is 2.30. The number of aromatic nitrogens is 1. The van der Waals surface area contributed by atoms with Gasteiger partial charge in [0.1, 0.15) is 0 Å². The van der Waals surface area contributed by atoms with Gasteiger partial charge >= 0.3 is 5.97 Å². The van der Waals surface area contributed by atoms with Gasteiger partial charge < -0.3 is 15.4 Å². The highest BCUT2D eigenvalue weighted by Crippen LogP contribution is 2.09. The number of H-pyrrole nitrogens is 1. The van der Waals surface area contributed by atoms with Crippen LogP contribution in [0.25, 0.3) is 0 Å². The molecule has 0 saturated carbocycles. The second-order valence-corrected chi connectivity index (χ2v) is 3.46. The first-order chi connectivity index (χ1) is 7.75. The molecule has 0 atom stereocenters. The summed E-state index contributed by atoms with van der Waals surface area (Å²) in [5.74, 6) is -0.898. The lowest BCUT2D eigenvalue weighted by Crippen LogP contribution is -2.00. The van der Waals surface area contributed by atoms with Gasteiger partial charge in [0.15, 0.2) is 0 Å². The molecule has 4 heteroatoms. The summed E-state index contributed by atoms with van der Waals surface area (Å²) in [6.45, 7) is 0.678. The van der Waals surface area contributed by atoms with Crippen molar-refractivity contribution < 1.29 is 9.90 Å². The van der Waals surface area contributed by atoms with Crippen LogP contribution in [-0.2, 0) is 6.54 Å². The van der Waals surface area contributed by atoms with Crippen LogP contribution in [0.5, 0.6) is 0 Å². The Kier molecular flexibility index (Phi) is 2.91. The summed E-state index contributed by atoms with van der Waals surface area (Å²) >= 11 is 0. The van der Waals surface area contributed by atoms with Crippen molar-refractivity contribution in [3.05, 3.63) is 53.9 Å². The lowest BCUT2D eigenvalue weighted by atomic mass is 10.1. The summed E-state index contributed by atoms with van der Waals surface area (Å²) < 4.78 is 0. The number of anilines is 1. The maximum absolute atomic E-state index is 10.6. The van der Waals surface area contributed by atoms with Crippen LogP contribution in [-0.4, -0.2) is 16.1 Å². The number of hydrogen-bond acceptors (Lipinski definition) is 2. The molecule has 0 unspecified atom stereocenters. The average Bonchev–Trinajstić information content (AvgIpc) is 2.80. The Morgan fingerprint density at radius 1 is 1.25 bits per heavy atom. The van der Waals surface area contributed by atoms with Gasteiger partial charge in [-0.2, -0.15) is 0 Å². The van der Waals surface area contributed by atoms with Crippen molar-refractivity contribution in [2.24, 2.45) is 0 Å². The van der Waals surface area contributed by atoms with Gasteiger partial charge in [-0.3, -0.25) is 0 Å². The predicted octanol–water partition coefficient (Wildman–Crippen LogP) is 2.33. The van der Waals surface area contributed by atoms with Gasteiger partial charge in [-0.15, -0.1) is 0 Å². The van der Waals surface area contributed by atoms with Crippen LogP contribution in [0.15, 0.2) is 42.7 Å². The van der Waals surface area contributed by atoms with Crippen LogP contribution >= 0.6 is 0 Å². The molecule has 1 heterocycles. The summed E-state index contributed by atoms with van der Waals surface area (Å²) in [4.78, 5) is 13.6. The van der Waals surface area contributed by atoms with Crippen LogP contribution in [0.4, 0.5) is 5.69 Å². The lowest BCUT2D eigenvalue weighted by Gasteiger charge is -2.04. The molecule has 2 rings (SSSR count). The molecule has 2 aromatic rings. The summed E-state index contributed by atoms with van der Waals surface area (Å²) in [6.07, 6.45) is 3.71. The van der Waals surface area contributed by atoms with Gasteiger partial charge in [0.05, 0.1) is 11.3 Å². The van der Waals surface area contributed by atoms with E-state index in [4.69, 9.17) is 5.11 Å². The van der Waals surface area contributed by atoms with Crippen LogP contribution in [0.1, 0.15) is 15.9 Å². The molecule has 0 fully saturated rings. The van der Waals surface area contributed by atoms with Gasteiger partial charge in [-0.1, -0.05) is 12.1 Å². The lowest BCUT2D eigenvalue weighted by molar-refractivity contribution is 0.0697. The molecular weight excluding hydrogens is 204 g/mol. The minimum atomic E-state index is -0.898. The number of carboxylic acids is 1. The fraction of sp³-hybridized carbons (Fsp3) is 0.0833. The molecule has 0 radical (unpaired) electrons. The van der Waals surface area contributed by atoms with Gasteiger partial charge in [-0.25, -0.2) is 4.79 Å². The molecule has 16 heavy (non-hydrogen) atoms. The Labute approximate surface area is 92.9 Å². The van der Waals surface area contributed by atoms with Crippen molar-refractivity contribution in [3.63, 3.8) is 0 Å². The largest absolute Gasteiger partial charge is 0.478 e. The summed E-state index contributed by atoms with van der Waals surface area (Å²) in [7, 11) is 0. The van der Waals surface area contributed by atoms with Crippen LogP contribution in [0.2, 0.25) is 0 Å². The second kappa shape index (κ2) is 4.53. The molecule has 0 aliphatic rings. The highest BCUT2D eigenvalue weighted by Gasteiger charge is 2.01. The van der Waals surface area contributed by atoms with Gasteiger partial charge in [-0.05, 0) is 23.8 Å². The Hall–Kier alpha value is -2.23. The number of nitrogens with one attached hydrogen (secondary N) is 2. The van der Waals surface area contributed by atoms with E-state index in [1.54, 1.807) is 12.1 Å². The molecule has 0 aliphatic carbocycles. The van der Waals surface area contributed by atoms with Crippen molar-refractivity contribution in [1.82, 2.24) is 4.98 Å². The van der Waals surface area contributed by atoms with Crippen LogP contribution < -0.4 is 5.32 Å². The van der Waals surface area contributed by atoms with E-state index < -0.39 is 5.97 Å². The minimum absolute atomic E-state index is 0.311. The summed E-state index contributed by atoms with van der Waals surface area (Å²) in [5, 5.41) is 11.9. The van der Waals surface area contributed by atoms with Crippen molar-refractivity contribution in [2.75, 3.05) is 5.32 Å². The first-order valence-corrected chi connectivity index (χ1v) is 4.94. The fourth-order valence-electron chi connectivity index (χ4n) is 1.40. The second-order valence-electron chi connectivity index (χ2n) is 3.46. The molecule has 1 aromatic heterocycles. The fourth-order valence-corrected chi connectivity index (χ4v) is 1.40. The normalized spacial score (nSPS) is 10.0. The topological polar surface area (TPSA) is 65.1 Å². The number of aromatic carboxylic acids is 1. The van der Waals surface area contributed by atoms with E-state index in [1.165, 1.54) is 0 Å². The van der Waals surface area contributed by atoms with E-state index in [0.29, 0.717) is 12.1 Å². The van der Waals surface area contributed by atoms with Crippen molar-refractivity contribution in [2.45, 2.75) is 6.54 Å². The van der Waals surface area contributed by atoms with Gasteiger partial charge in [0, 0.05) is 18.9 Å². The van der Waals surface area contributed by atoms with Gasteiger partial charge in [0.25, 0.3) is 0 Å². The maximum Gasteiger partial charge on any atom is 0.335 e. The molecule has 3 N–H and O–H groups in total. The SMILES string of the molecule is O=C(O)c1ccc(CNc2cc[nH]c2)cc1. The van der Waals surface area contributed by atoms with E-state index in [1.807, 2.05) is 30.6 Å². The van der Waals surface area contributed by atoms with E-state index in [-0.39, 0.29) is 0 Å². The zero-order valence-electron chi connectivity index (χ0n) is 8.60. The third-order valence-electron chi connectivity index (χ3n) is 2.30. The maximum atomic E-state index is 10.6. The molecule has 0 spiro atoms. The number of carboxylic acid groups (broad SMARTS) is 1. The summed E-state index contributed by atoms with van der Waals surface area (Å²) in [6, 6.07) is 8.77. The molecule has 82 valence electrons. The van der Waals surface area contributed by atoms with Gasteiger partial charge in [0.2, 0.25) is 0 Å². The number of aromatic amines is 1. The Morgan fingerprint density at radius 2 is 2.00 bits per heavy atom. The minimum Gasteiger partial charge on any atom is -0.478 e. The molecule has 0 aliphatic heterocycles. The molecule has 4 nitrogen and oxygen atoms in total. The molecule has 0 bridgehead atoms. The first-order valence-electron chi connectivity index (χ1n) is 4.94. The van der Waals surface area contributed by atoms with Crippen molar-refractivity contribution in [1.29, 1.82) is 0 Å². The van der Waals surface area contributed by atoms with Crippen molar-refractivity contribution in [3.8, 4) is 0 Å². The average molecular weight is 216 g/mol.